The molecule has 0 fully saturated rings. The minimum Gasteiger partial charge on any atom is -0.330 e. The number of aryl methyl sites for hydroxylation is 1. The Labute approximate surface area is 165 Å². The molecule has 9 heteroatoms. The van der Waals surface area contributed by atoms with E-state index in [9.17, 15) is 28.1 Å². The van der Waals surface area contributed by atoms with Crippen molar-refractivity contribution in [2.75, 3.05) is 5.32 Å². The van der Waals surface area contributed by atoms with Crippen LogP contribution in [0.2, 0.25) is 0 Å². The summed E-state index contributed by atoms with van der Waals surface area (Å²) < 4.78 is 39.9. The van der Waals surface area contributed by atoms with Gasteiger partial charge in [-0.05, 0) is 31.4 Å². The van der Waals surface area contributed by atoms with E-state index in [4.69, 9.17) is 0 Å². The number of anilines is 1. The maximum Gasteiger partial charge on any atom is 0.418 e. The van der Waals surface area contributed by atoms with Gasteiger partial charge in [0, 0.05) is 24.1 Å². The van der Waals surface area contributed by atoms with Gasteiger partial charge < -0.3 is 10.6 Å². The van der Waals surface area contributed by atoms with Crippen LogP contribution in [-0.2, 0) is 17.4 Å². The monoisotopic (exact) mass is 408 g/mol. The standard InChI is InChI=1S/C20H20F3N3O3/c1-12(24-17-8-4-6-13-5-2-3-7-15(13)17)19(27)25-18-10-9-14(26(28)29)11-16(18)20(21,22)23/h2-3,5,7,9-12,17,24H,4,6,8H2,1H3,(H,25,27)/p+1/t12-,17-/m1/s1. The first-order valence-electron chi connectivity index (χ1n) is 9.26. The molecule has 0 saturated carbocycles. The first-order valence-corrected chi connectivity index (χ1v) is 9.26. The van der Waals surface area contributed by atoms with Gasteiger partial charge in [0.05, 0.1) is 16.2 Å². The SMILES string of the molecule is C[C@@H]([NH2+][C@@H]1CCCc2ccccc21)C(=O)Nc1ccc([N+](=O)[O-])cc1C(F)(F)F. The minimum atomic E-state index is -4.83. The van der Waals surface area contributed by atoms with Crippen molar-refractivity contribution in [3.05, 3.63) is 69.3 Å². The van der Waals surface area contributed by atoms with E-state index in [1.807, 2.05) is 29.6 Å². The van der Waals surface area contributed by atoms with E-state index in [-0.39, 0.29) is 6.04 Å². The number of hydrogen-bond acceptors (Lipinski definition) is 3. The Hall–Kier alpha value is -2.94. The van der Waals surface area contributed by atoms with Gasteiger partial charge in [-0.2, -0.15) is 13.2 Å². The van der Waals surface area contributed by atoms with Crippen molar-refractivity contribution in [1.82, 2.24) is 0 Å². The maximum absolute atomic E-state index is 13.3. The van der Waals surface area contributed by atoms with E-state index in [0.717, 1.165) is 37.0 Å². The number of halogens is 3. The van der Waals surface area contributed by atoms with Gasteiger partial charge in [0.1, 0.15) is 6.04 Å². The molecule has 1 amide bonds. The lowest BCUT2D eigenvalue weighted by Crippen LogP contribution is -2.92. The molecule has 2 aromatic carbocycles. The van der Waals surface area contributed by atoms with Crippen molar-refractivity contribution in [3.8, 4) is 0 Å². The molecule has 2 atom stereocenters. The number of amides is 1. The average Bonchev–Trinajstić information content (AvgIpc) is 2.67. The van der Waals surface area contributed by atoms with Crippen LogP contribution in [0.15, 0.2) is 42.5 Å². The smallest absolute Gasteiger partial charge is 0.330 e. The van der Waals surface area contributed by atoms with Gasteiger partial charge in [-0.25, -0.2) is 0 Å². The quantitative estimate of drug-likeness (QED) is 0.585. The highest BCUT2D eigenvalue weighted by atomic mass is 19.4. The molecule has 29 heavy (non-hydrogen) atoms. The molecule has 1 aliphatic carbocycles. The highest BCUT2D eigenvalue weighted by Gasteiger charge is 2.36. The summed E-state index contributed by atoms with van der Waals surface area (Å²) in [6.07, 6.45) is -2.00. The van der Waals surface area contributed by atoms with Crippen molar-refractivity contribution < 1.29 is 28.2 Å². The molecule has 1 aliphatic rings. The molecule has 0 aliphatic heterocycles. The van der Waals surface area contributed by atoms with Crippen LogP contribution in [0.4, 0.5) is 24.5 Å². The first kappa shape index (κ1) is 20.8. The first-order chi connectivity index (χ1) is 13.7. The second-order valence-electron chi connectivity index (χ2n) is 7.15. The fourth-order valence-corrected chi connectivity index (χ4v) is 3.66. The molecule has 0 aromatic heterocycles. The van der Waals surface area contributed by atoms with E-state index >= 15 is 0 Å². The Balaban J connectivity index is 1.76. The Bertz CT molecular complexity index is 931. The third kappa shape index (κ3) is 4.73. The van der Waals surface area contributed by atoms with Crippen molar-refractivity contribution in [2.45, 2.75) is 44.4 Å². The summed E-state index contributed by atoms with van der Waals surface area (Å²) in [5.41, 5.74) is -0.0477. The molecule has 0 bridgehead atoms. The van der Waals surface area contributed by atoms with Crippen LogP contribution < -0.4 is 10.6 Å². The number of rotatable bonds is 5. The average molecular weight is 408 g/mol. The summed E-state index contributed by atoms with van der Waals surface area (Å²) in [7, 11) is 0. The number of carbonyl (C=O) groups is 1. The van der Waals surface area contributed by atoms with Gasteiger partial charge in [-0.1, -0.05) is 24.3 Å². The van der Waals surface area contributed by atoms with Crippen LogP contribution in [0.1, 0.15) is 42.5 Å². The Morgan fingerprint density at radius 2 is 2.00 bits per heavy atom. The lowest BCUT2D eigenvalue weighted by molar-refractivity contribution is -0.714. The number of hydrogen-bond donors (Lipinski definition) is 2. The third-order valence-corrected chi connectivity index (χ3v) is 5.13. The largest absolute Gasteiger partial charge is 0.418 e. The highest BCUT2D eigenvalue weighted by molar-refractivity contribution is 5.94. The number of non-ortho nitro benzene ring substituents is 1. The predicted octanol–water partition coefficient (Wildman–Crippen LogP) is 3.58. The van der Waals surface area contributed by atoms with Gasteiger partial charge >= 0.3 is 6.18 Å². The number of benzene rings is 2. The fourth-order valence-electron chi connectivity index (χ4n) is 3.66. The number of carbonyl (C=O) groups excluding carboxylic acids is 1. The van der Waals surface area contributed by atoms with Gasteiger partial charge in [0.15, 0.2) is 6.04 Å². The molecule has 0 heterocycles. The summed E-state index contributed by atoms with van der Waals surface area (Å²) in [4.78, 5) is 22.4. The van der Waals surface area contributed by atoms with Crippen LogP contribution in [0, 0.1) is 10.1 Å². The number of quaternary nitrogens is 1. The molecular formula is C20H21F3N3O3+. The highest BCUT2D eigenvalue weighted by Crippen LogP contribution is 2.37. The van der Waals surface area contributed by atoms with E-state index in [1.165, 1.54) is 5.56 Å². The fraction of sp³-hybridized carbons (Fsp3) is 0.350. The summed E-state index contributed by atoms with van der Waals surface area (Å²) in [6, 6.07) is 9.67. The Morgan fingerprint density at radius 1 is 1.28 bits per heavy atom. The summed E-state index contributed by atoms with van der Waals surface area (Å²) in [5.74, 6) is -0.590. The molecule has 154 valence electrons. The van der Waals surface area contributed by atoms with Crippen LogP contribution in [0.3, 0.4) is 0 Å². The predicted molar refractivity (Wildman–Crippen MR) is 100 cm³/mol. The maximum atomic E-state index is 13.3. The zero-order valence-electron chi connectivity index (χ0n) is 15.7. The second-order valence-corrected chi connectivity index (χ2v) is 7.15. The minimum absolute atomic E-state index is 0.0552. The number of nitrogens with zero attached hydrogens (tertiary/aromatic N) is 1. The molecule has 0 radical (unpaired) electrons. The van der Waals surface area contributed by atoms with Crippen molar-refractivity contribution in [1.29, 1.82) is 0 Å². The van der Waals surface area contributed by atoms with Gasteiger partial charge in [0.2, 0.25) is 0 Å². The summed E-state index contributed by atoms with van der Waals surface area (Å²) in [5, 5.41) is 14.9. The Kier molecular flexibility index (Phi) is 5.88. The number of nitrogens with one attached hydrogen (secondary N) is 1. The zero-order valence-corrected chi connectivity index (χ0v) is 15.7. The topological polar surface area (TPSA) is 88.8 Å². The third-order valence-electron chi connectivity index (χ3n) is 5.13. The van der Waals surface area contributed by atoms with Gasteiger partial charge in [-0.3, -0.25) is 14.9 Å². The number of fused-ring (bicyclic) bond motifs is 1. The molecule has 6 nitrogen and oxygen atoms in total. The van der Waals surface area contributed by atoms with Crippen molar-refractivity contribution >= 4 is 17.3 Å². The van der Waals surface area contributed by atoms with Gasteiger partial charge in [0.25, 0.3) is 11.6 Å². The lowest BCUT2D eigenvalue weighted by Gasteiger charge is -2.26. The summed E-state index contributed by atoms with van der Waals surface area (Å²) in [6.45, 7) is 1.63. The zero-order chi connectivity index (χ0) is 21.2. The molecule has 0 saturated heterocycles. The number of nitro groups is 1. The van der Waals surface area contributed by atoms with Gasteiger partial charge in [-0.15, -0.1) is 0 Å². The number of alkyl halides is 3. The van der Waals surface area contributed by atoms with Crippen LogP contribution in [0.25, 0.3) is 0 Å². The van der Waals surface area contributed by atoms with E-state index in [2.05, 4.69) is 5.32 Å². The second kappa shape index (κ2) is 8.20. The number of nitro benzene ring substituents is 1. The normalized spacial score (nSPS) is 17.3. The Morgan fingerprint density at radius 3 is 2.69 bits per heavy atom. The molecule has 3 rings (SSSR count). The lowest BCUT2D eigenvalue weighted by atomic mass is 9.87. The van der Waals surface area contributed by atoms with E-state index in [0.29, 0.717) is 6.07 Å². The van der Waals surface area contributed by atoms with Crippen LogP contribution >= 0.6 is 0 Å². The molecule has 0 spiro atoms. The molecular weight excluding hydrogens is 387 g/mol. The summed E-state index contributed by atoms with van der Waals surface area (Å²) >= 11 is 0. The van der Waals surface area contributed by atoms with Crippen molar-refractivity contribution in [2.24, 2.45) is 0 Å². The molecule has 3 N–H and O–H groups in total. The van der Waals surface area contributed by atoms with Crippen LogP contribution in [-0.4, -0.2) is 16.9 Å². The number of nitrogens with two attached hydrogens (primary N) is 1. The van der Waals surface area contributed by atoms with E-state index < -0.39 is 40.0 Å². The van der Waals surface area contributed by atoms with E-state index in [1.54, 1.807) is 6.92 Å². The van der Waals surface area contributed by atoms with Crippen molar-refractivity contribution in [3.63, 3.8) is 0 Å². The molecule has 2 aromatic rings. The molecule has 0 unspecified atom stereocenters. The van der Waals surface area contributed by atoms with Crippen LogP contribution in [0.5, 0.6) is 0 Å².